The van der Waals surface area contributed by atoms with Gasteiger partial charge in [-0.25, -0.2) is 0 Å². The van der Waals surface area contributed by atoms with Gasteiger partial charge in [0.15, 0.2) is 0 Å². The minimum absolute atomic E-state index is 0.254. The number of carbonyl (C=O) groups is 2. The van der Waals surface area contributed by atoms with Crippen LogP contribution >= 0.6 is 0 Å². The summed E-state index contributed by atoms with van der Waals surface area (Å²) in [7, 11) is 0. The fraction of sp³-hybridized carbons (Fsp3) is 0.846. The van der Waals surface area contributed by atoms with Crippen molar-refractivity contribution in [3.63, 3.8) is 0 Å². The predicted molar refractivity (Wildman–Crippen MR) is 70.5 cm³/mol. The predicted octanol–water partition coefficient (Wildman–Crippen LogP) is 0.356. The lowest BCUT2D eigenvalue weighted by Gasteiger charge is -2.21. The Balaban J connectivity index is 2.16. The normalized spacial score (nSPS) is 28.1. The average molecular weight is 272 g/mol. The van der Waals surface area contributed by atoms with Crippen LogP contribution in [0.3, 0.4) is 0 Å². The second-order valence-corrected chi connectivity index (χ2v) is 5.36. The van der Waals surface area contributed by atoms with Gasteiger partial charge in [0, 0.05) is 6.54 Å². The topological polar surface area (TPSA) is 102 Å². The maximum absolute atomic E-state index is 11.4. The second-order valence-electron chi connectivity index (χ2n) is 5.36. The van der Waals surface area contributed by atoms with Gasteiger partial charge in [0.25, 0.3) is 0 Å². The highest BCUT2D eigenvalue weighted by Crippen LogP contribution is 2.32. The van der Waals surface area contributed by atoms with Crippen LogP contribution in [-0.4, -0.2) is 42.3 Å². The molecule has 19 heavy (non-hydrogen) atoms. The van der Waals surface area contributed by atoms with Crippen LogP contribution in [0, 0.1) is 11.8 Å². The van der Waals surface area contributed by atoms with E-state index in [0.717, 1.165) is 0 Å². The molecule has 1 amide bonds. The van der Waals surface area contributed by atoms with Gasteiger partial charge in [-0.1, -0.05) is 13.8 Å². The van der Waals surface area contributed by atoms with Gasteiger partial charge in [0.2, 0.25) is 5.91 Å². The molecule has 0 bridgehead atoms. The molecule has 3 atom stereocenters. The molecule has 6 nitrogen and oxygen atoms in total. The first kappa shape index (κ1) is 15.9. The van der Waals surface area contributed by atoms with E-state index in [9.17, 15) is 9.59 Å². The van der Waals surface area contributed by atoms with Crippen LogP contribution in [0.15, 0.2) is 0 Å². The number of ether oxygens (including phenoxy) is 1. The standard InChI is InChI=1S/C13H24N2O4/c1-8-3-4-9(2)12(8)19-6-5-15-13(18)10(14)7-11(16)17/h8-10,12H,3-7,14H2,1-2H3,(H,15,18)(H,16,17)/t8?,9?,10-,12?/m0/s1. The van der Waals surface area contributed by atoms with E-state index in [1.807, 2.05) is 0 Å². The Morgan fingerprint density at radius 2 is 1.95 bits per heavy atom. The van der Waals surface area contributed by atoms with Crippen molar-refractivity contribution in [1.82, 2.24) is 5.32 Å². The monoisotopic (exact) mass is 272 g/mol. The fourth-order valence-corrected chi connectivity index (χ4v) is 2.52. The Hall–Kier alpha value is -1.14. The zero-order valence-electron chi connectivity index (χ0n) is 11.6. The van der Waals surface area contributed by atoms with E-state index in [2.05, 4.69) is 19.2 Å². The fourth-order valence-electron chi connectivity index (χ4n) is 2.52. The maximum Gasteiger partial charge on any atom is 0.305 e. The Morgan fingerprint density at radius 1 is 1.37 bits per heavy atom. The number of nitrogens with two attached hydrogens (primary N) is 1. The third-order valence-corrected chi connectivity index (χ3v) is 3.64. The van der Waals surface area contributed by atoms with E-state index < -0.39 is 17.9 Å². The summed E-state index contributed by atoms with van der Waals surface area (Å²) in [5.41, 5.74) is 5.43. The smallest absolute Gasteiger partial charge is 0.305 e. The third kappa shape index (κ3) is 5.16. The number of hydrogen-bond acceptors (Lipinski definition) is 4. The van der Waals surface area contributed by atoms with E-state index in [-0.39, 0.29) is 12.5 Å². The number of amides is 1. The lowest BCUT2D eigenvalue weighted by Crippen LogP contribution is -2.43. The summed E-state index contributed by atoms with van der Waals surface area (Å²) in [4.78, 5) is 21.9. The number of aliphatic carboxylic acids is 1. The van der Waals surface area contributed by atoms with E-state index in [1.165, 1.54) is 12.8 Å². The second kappa shape index (κ2) is 7.45. The van der Waals surface area contributed by atoms with Crippen molar-refractivity contribution < 1.29 is 19.4 Å². The molecule has 0 aromatic heterocycles. The largest absolute Gasteiger partial charge is 0.481 e. The Kier molecular flexibility index (Phi) is 6.24. The number of rotatable bonds is 7. The number of carboxylic acids is 1. The molecule has 1 rings (SSSR count). The van der Waals surface area contributed by atoms with Crippen molar-refractivity contribution in [3.05, 3.63) is 0 Å². The van der Waals surface area contributed by atoms with Gasteiger partial charge in [-0.05, 0) is 24.7 Å². The van der Waals surface area contributed by atoms with E-state index in [1.54, 1.807) is 0 Å². The lowest BCUT2D eigenvalue weighted by molar-refractivity contribution is -0.139. The first-order chi connectivity index (χ1) is 8.91. The molecule has 0 aliphatic heterocycles. The summed E-state index contributed by atoms with van der Waals surface area (Å²) >= 11 is 0. The van der Waals surface area contributed by atoms with Gasteiger partial charge < -0.3 is 20.9 Å². The molecule has 6 heteroatoms. The molecule has 1 aliphatic carbocycles. The Labute approximate surface area is 113 Å². The molecule has 0 aromatic rings. The minimum atomic E-state index is -1.08. The van der Waals surface area contributed by atoms with E-state index >= 15 is 0 Å². The molecule has 0 radical (unpaired) electrons. The molecule has 1 saturated carbocycles. The number of nitrogens with one attached hydrogen (secondary N) is 1. The van der Waals surface area contributed by atoms with Crippen molar-refractivity contribution in [1.29, 1.82) is 0 Å². The van der Waals surface area contributed by atoms with E-state index in [4.69, 9.17) is 15.6 Å². The quantitative estimate of drug-likeness (QED) is 0.581. The van der Waals surface area contributed by atoms with Crippen LogP contribution in [0.4, 0.5) is 0 Å². The minimum Gasteiger partial charge on any atom is -0.481 e. The molecular formula is C13H24N2O4. The molecule has 0 aromatic carbocycles. The van der Waals surface area contributed by atoms with Crippen molar-refractivity contribution in [3.8, 4) is 0 Å². The Morgan fingerprint density at radius 3 is 2.47 bits per heavy atom. The summed E-state index contributed by atoms with van der Waals surface area (Å²) < 4.78 is 5.77. The molecule has 4 N–H and O–H groups in total. The number of carbonyl (C=O) groups excluding carboxylic acids is 1. The van der Waals surface area contributed by atoms with Crippen LogP contribution in [0.5, 0.6) is 0 Å². The van der Waals surface area contributed by atoms with Gasteiger partial charge in [-0.2, -0.15) is 0 Å². The SMILES string of the molecule is CC1CCC(C)C1OCCNC(=O)[C@@H](N)CC(=O)O. The zero-order chi connectivity index (χ0) is 14.4. The van der Waals surface area contributed by atoms with Gasteiger partial charge in [0.05, 0.1) is 25.2 Å². The lowest BCUT2D eigenvalue weighted by atomic mass is 10.0. The molecule has 1 aliphatic rings. The highest BCUT2D eigenvalue weighted by molar-refractivity contribution is 5.85. The Bertz CT molecular complexity index is 312. The molecule has 2 unspecified atom stereocenters. The van der Waals surface area contributed by atoms with Gasteiger partial charge in [-0.15, -0.1) is 0 Å². The summed E-state index contributed by atoms with van der Waals surface area (Å²) in [6.45, 7) is 5.15. The van der Waals surface area contributed by atoms with Crippen LogP contribution in [0.25, 0.3) is 0 Å². The highest BCUT2D eigenvalue weighted by atomic mass is 16.5. The molecule has 0 saturated heterocycles. The average Bonchev–Trinajstić information content (AvgIpc) is 2.64. The van der Waals surface area contributed by atoms with Gasteiger partial charge >= 0.3 is 5.97 Å². The zero-order valence-corrected chi connectivity index (χ0v) is 11.6. The van der Waals surface area contributed by atoms with Crippen LogP contribution in [0.1, 0.15) is 33.1 Å². The van der Waals surface area contributed by atoms with Gasteiger partial charge in [0.1, 0.15) is 0 Å². The van der Waals surface area contributed by atoms with Crippen LogP contribution < -0.4 is 11.1 Å². The summed E-state index contributed by atoms with van der Waals surface area (Å²) in [6.07, 6.45) is 2.26. The van der Waals surface area contributed by atoms with Crippen molar-refractivity contribution in [2.24, 2.45) is 17.6 Å². The molecular weight excluding hydrogens is 248 g/mol. The molecule has 1 fully saturated rings. The maximum atomic E-state index is 11.4. The number of carboxylic acid groups (broad SMARTS) is 1. The van der Waals surface area contributed by atoms with Crippen LogP contribution in [-0.2, 0) is 14.3 Å². The van der Waals surface area contributed by atoms with Crippen LogP contribution in [0.2, 0.25) is 0 Å². The molecule has 0 heterocycles. The van der Waals surface area contributed by atoms with Crippen molar-refractivity contribution in [2.45, 2.75) is 45.3 Å². The first-order valence-corrected chi connectivity index (χ1v) is 6.78. The van der Waals surface area contributed by atoms with Crippen molar-refractivity contribution in [2.75, 3.05) is 13.2 Å². The third-order valence-electron chi connectivity index (χ3n) is 3.64. The summed E-state index contributed by atoms with van der Waals surface area (Å²) in [5, 5.41) is 11.1. The summed E-state index contributed by atoms with van der Waals surface area (Å²) in [6, 6.07) is -0.998. The van der Waals surface area contributed by atoms with E-state index in [0.29, 0.717) is 25.0 Å². The summed E-state index contributed by atoms with van der Waals surface area (Å²) in [5.74, 6) is -0.411. The first-order valence-electron chi connectivity index (χ1n) is 6.78. The molecule has 0 spiro atoms. The highest BCUT2D eigenvalue weighted by Gasteiger charge is 2.30. The van der Waals surface area contributed by atoms with Crippen molar-refractivity contribution >= 4 is 11.9 Å². The van der Waals surface area contributed by atoms with Gasteiger partial charge in [-0.3, -0.25) is 9.59 Å². The molecule has 110 valence electrons. The number of hydrogen-bond donors (Lipinski definition) is 3.